The van der Waals surface area contributed by atoms with Crippen LogP contribution in [-0.4, -0.2) is 50.1 Å². The van der Waals surface area contributed by atoms with Gasteiger partial charge in [0.2, 0.25) is 5.91 Å². The van der Waals surface area contributed by atoms with Crippen LogP contribution in [0.5, 0.6) is 0 Å². The topological polar surface area (TPSA) is 107 Å². The number of nitrogens with one attached hydrogen (secondary N) is 2. The van der Waals surface area contributed by atoms with Gasteiger partial charge in [0, 0.05) is 31.4 Å². The Hall–Kier alpha value is -3.00. The van der Waals surface area contributed by atoms with E-state index in [1.165, 1.54) is 0 Å². The van der Waals surface area contributed by atoms with Crippen molar-refractivity contribution < 1.29 is 9.90 Å². The molecule has 1 aliphatic heterocycles. The highest BCUT2D eigenvalue weighted by molar-refractivity contribution is 5.87. The summed E-state index contributed by atoms with van der Waals surface area (Å²) in [5, 5.41) is 14.6. The highest BCUT2D eigenvalue weighted by atomic mass is 16.3. The largest absolute Gasteiger partial charge is 0.385 e. The van der Waals surface area contributed by atoms with Gasteiger partial charge in [0.25, 0.3) is 0 Å². The summed E-state index contributed by atoms with van der Waals surface area (Å²) in [5.74, 6) is 0.921. The van der Waals surface area contributed by atoms with Gasteiger partial charge < -0.3 is 20.3 Å². The first kappa shape index (κ1) is 19.0. The van der Waals surface area contributed by atoms with Crippen molar-refractivity contribution in [3.8, 4) is 0 Å². The molecule has 8 heteroatoms. The van der Waals surface area contributed by atoms with Gasteiger partial charge in [-0.25, -0.2) is 9.97 Å². The number of hydrogen-bond acceptors (Lipinski definition) is 6. The van der Waals surface area contributed by atoms with Gasteiger partial charge in [0.15, 0.2) is 0 Å². The number of carbonyl (C=O) groups excluding carboxylic acids is 1. The Morgan fingerprint density at radius 1 is 1.30 bits per heavy atom. The number of anilines is 1. The van der Waals surface area contributed by atoms with Crippen LogP contribution >= 0.6 is 0 Å². The SMILES string of the molecule is C[C@H](NC(=O)C1CCN(c2ncnc3[nH]ccc23)CC12CC2)[C@@H](O)c1ccccn1. The number of aliphatic hydroxyl groups excluding tert-OH is 1. The molecule has 0 radical (unpaired) electrons. The first-order valence-electron chi connectivity index (χ1n) is 10.5. The summed E-state index contributed by atoms with van der Waals surface area (Å²) in [7, 11) is 0. The third kappa shape index (κ3) is 3.31. The van der Waals surface area contributed by atoms with E-state index >= 15 is 0 Å². The third-order valence-corrected chi connectivity index (χ3v) is 6.61. The summed E-state index contributed by atoms with van der Waals surface area (Å²) >= 11 is 0. The lowest BCUT2D eigenvalue weighted by Gasteiger charge is -2.39. The van der Waals surface area contributed by atoms with Gasteiger partial charge in [0.05, 0.1) is 17.1 Å². The zero-order valence-electron chi connectivity index (χ0n) is 17.0. The molecule has 3 aromatic heterocycles. The van der Waals surface area contributed by atoms with E-state index in [0.717, 1.165) is 49.2 Å². The summed E-state index contributed by atoms with van der Waals surface area (Å²) in [6.45, 7) is 3.42. The van der Waals surface area contributed by atoms with Crippen LogP contribution in [-0.2, 0) is 4.79 Å². The molecule has 0 bridgehead atoms. The molecule has 3 N–H and O–H groups in total. The molecule has 1 saturated carbocycles. The van der Waals surface area contributed by atoms with E-state index in [-0.39, 0.29) is 17.2 Å². The third-order valence-electron chi connectivity index (χ3n) is 6.61. The minimum Gasteiger partial charge on any atom is -0.385 e. The lowest BCUT2D eigenvalue weighted by Crippen LogP contribution is -2.50. The maximum absolute atomic E-state index is 13.1. The van der Waals surface area contributed by atoms with Crippen molar-refractivity contribution in [2.24, 2.45) is 11.3 Å². The Morgan fingerprint density at radius 3 is 2.93 bits per heavy atom. The van der Waals surface area contributed by atoms with E-state index < -0.39 is 12.1 Å². The van der Waals surface area contributed by atoms with Gasteiger partial charge >= 0.3 is 0 Å². The molecule has 2 aliphatic rings. The number of pyridine rings is 1. The second-order valence-corrected chi connectivity index (χ2v) is 8.56. The fourth-order valence-corrected chi connectivity index (χ4v) is 4.74. The molecule has 1 unspecified atom stereocenters. The Balaban J connectivity index is 1.28. The van der Waals surface area contributed by atoms with Crippen molar-refractivity contribution in [2.45, 2.75) is 38.3 Å². The monoisotopic (exact) mass is 406 g/mol. The second kappa shape index (κ2) is 7.36. The van der Waals surface area contributed by atoms with Crippen LogP contribution < -0.4 is 10.2 Å². The molecular weight excluding hydrogens is 380 g/mol. The van der Waals surface area contributed by atoms with Gasteiger partial charge in [-0.05, 0) is 49.8 Å². The molecular formula is C22H26N6O2. The first-order valence-corrected chi connectivity index (χ1v) is 10.5. The molecule has 30 heavy (non-hydrogen) atoms. The summed E-state index contributed by atoms with van der Waals surface area (Å²) in [6.07, 6.45) is 7.15. The first-order chi connectivity index (χ1) is 14.6. The molecule has 8 nitrogen and oxygen atoms in total. The van der Waals surface area contributed by atoms with Crippen LogP contribution in [0.25, 0.3) is 11.0 Å². The quantitative estimate of drug-likeness (QED) is 0.600. The zero-order chi connectivity index (χ0) is 20.7. The standard InChI is InChI=1S/C22H26N6O2/c1-14(18(29)17-4-2-3-9-23-17)27-21(30)16-6-11-28(12-22(16)7-8-22)20-15-5-10-24-19(15)25-13-26-20/h2-5,9-10,13-14,16,18,29H,6-8,11-12H2,1H3,(H,27,30)(H,24,25,26)/t14-,16?,18+/m0/s1. The highest BCUT2D eigenvalue weighted by Gasteiger charge is 2.55. The van der Waals surface area contributed by atoms with Crippen LogP contribution in [0.1, 0.15) is 38.0 Å². The van der Waals surface area contributed by atoms with Crippen molar-refractivity contribution >= 4 is 22.8 Å². The number of fused-ring (bicyclic) bond motifs is 1. The lowest BCUT2D eigenvalue weighted by atomic mass is 9.81. The number of aliphatic hydroxyl groups is 1. The Kier molecular flexibility index (Phi) is 4.66. The number of carbonyl (C=O) groups is 1. The van der Waals surface area contributed by atoms with Crippen molar-refractivity contribution in [1.82, 2.24) is 25.3 Å². The molecule has 1 aliphatic carbocycles. The van der Waals surface area contributed by atoms with E-state index in [0.29, 0.717) is 5.69 Å². The summed E-state index contributed by atoms with van der Waals surface area (Å²) in [5.41, 5.74) is 1.40. The number of amides is 1. The molecule has 2 fully saturated rings. The van der Waals surface area contributed by atoms with Gasteiger partial charge in [-0.2, -0.15) is 0 Å². The van der Waals surface area contributed by atoms with Gasteiger partial charge in [-0.15, -0.1) is 0 Å². The summed E-state index contributed by atoms with van der Waals surface area (Å²) in [4.78, 5) is 31.6. The fraction of sp³-hybridized carbons (Fsp3) is 0.455. The number of H-pyrrole nitrogens is 1. The number of piperidine rings is 1. The van der Waals surface area contributed by atoms with Crippen molar-refractivity contribution in [3.63, 3.8) is 0 Å². The van der Waals surface area contributed by atoms with Crippen LogP contribution in [0.15, 0.2) is 43.0 Å². The molecule has 1 saturated heterocycles. The molecule has 0 aromatic carbocycles. The van der Waals surface area contributed by atoms with Gasteiger partial charge in [-0.3, -0.25) is 9.78 Å². The molecule has 5 rings (SSSR count). The van der Waals surface area contributed by atoms with E-state index in [9.17, 15) is 9.90 Å². The predicted molar refractivity (Wildman–Crippen MR) is 113 cm³/mol. The van der Waals surface area contributed by atoms with E-state index in [4.69, 9.17) is 0 Å². The molecule has 1 spiro atoms. The minimum atomic E-state index is -0.826. The zero-order valence-corrected chi connectivity index (χ0v) is 17.0. The number of nitrogens with zero attached hydrogens (tertiary/aromatic N) is 4. The second-order valence-electron chi connectivity index (χ2n) is 8.56. The fourth-order valence-electron chi connectivity index (χ4n) is 4.74. The van der Waals surface area contributed by atoms with E-state index in [2.05, 4.69) is 30.2 Å². The molecule has 4 heterocycles. The molecule has 1 amide bonds. The van der Waals surface area contributed by atoms with E-state index in [1.807, 2.05) is 31.3 Å². The van der Waals surface area contributed by atoms with Crippen LogP contribution in [0.2, 0.25) is 0 Å². The van der Waals surface area contributed by atoms with Crippen molar-refractivity contribution in [1.29, 1.82) is 0 Å². The smallest absolute Gasteiger partial charge is 0.224 e. The number of rotatable bonds is 5. The molecule has 156 valence electrons. The Morgan fingerprint density at radius 2 is 2.17 bits per heavy atom. The molecule has 3 aromatic rings. The maximum Gasteiger partial charge on any atom is 0.224 e. The summed E-state index contributed by atoms with van der Waals surface area (Å²) < 4.78 is 0. The predicted octanol–water partition coefficient (Wildman–Crippen LogP) is 2.20. The van der Waals surface area contributed by atoms with Crippen molar-refractivity contribution in [2.75, 3.05) is 18.0 Å². The van der Waals surface area contributed by atoms with Crippen LogP contribution in [0, 0.1) is 11.3 Å². The Labute approximate surface area is 174 Å². The lowest BCUT2D eigenvalue weighted by molar-refractivity contribution is -0.129. The average molecular weight is 406 g/mol. The average Bonchev–Trinajstić information content (AvgIpc) is 3.34. The van der Waals surface area contributed by atoms with Crippen LogP contribution in [0.4, 0.5) is 5.82 Å². The van der Waals surface area contributed by atoms with Crippen LogP contribution in [0.3, 0.4) is 0 Å². The van der Waals surface area contributed by atoms with Crippen molar-refractivity contribution in [3.05, 3.63) is 48.7 Å². The molecule has 3 atom stereocenters. The number of hydrogen-bond donors (Lipinski definition) is 3. The number of aromatic nitrogens is 4. The normalized spacial score (nSPS) is 22.1. The maximum atomic E-state index is 13.1. The number of aromatic amines is 1. The van der Waals surface area contributed by atoms with Gasteiger partial charge in [0.1, 0.15) is 23.9 Å². The Bertz CT molecular complexity index is 1050. The van der Waals surface area contributed by atoms with E-state index in [1.54, 1.807) is 18.6 Å². The highest BCUT2D eigenvalue weighted by Crippen LogP contribution is 2.56. The minimum absolute atomic E-state index is 0.00835. The van der Waals surface area contributed by atoms with Gasteiger partial charge in [-0.1, -0.05) is 6.07 Å². The summed E-state index contributed by atoms with van der Waals surface area (Å²) in [6, 6.07) is 7.02.